The zero-order valence-electron chi connectivity index (χ0n) is 19.1. The lowest BCUT2D eigenvalue weighted by Gasteiger charge is -2.25. The molecule has 5 unspecified atom stereocenters. The lowest BCUT2D eigenvalue weighted by Crippen LogP contribution is -2.59. The summed E-state index contributed by atoms with van der Waals surface area (Å²) in [5.74, 6) is -3.60. The van der Waals surface area contributed by atoms with Crippen LogP contribution in [-0.4, -0.2) is 83.2 Å². The van der Waals surface area contributed by atoms with Gasteiger partial charge in [0.05, 0.1) is 12.1 Å². The Labute approximate surface area is 192 Å². The summed E-state index contributed by atoms with van der Waals surface area (Å²) in [6, 6.07) is -4.61. The van der Waals surface area contributed by atoms with Gasteiger partial charge in [0.15, 0.2) is 5.96 Å². The first-order valence-corrected chi connectivity index (χ1v) is 10.7. The van der Waals surface area contributed by atoms with Crippen molar-refractivity contribution in [1.29, 1.82) is 0 Å². The predicted molar refractivity (Wildman–Crippen MR) is 122 cm³/mol. The van der Waals surface area contributed by atoms with E-state index in [1.54, 1.807) is 0 Å². The monoisotopic (exact) mass is 474 g/mol. The number of aliphatic hydroxyl groups is 1. The number of carboxylic acids is 1. The van der Waals surface area contributed by atoms with E-state index >= 15 is 0 Å². The van der Waals surface area contributed by atoms with Crippen LogP contribution in [0.5, 0.6) is 0 Å². The van der Waals surface area contributed by atoms with Gasteiger partial charge in [-0.25, -0.2) is 4.79 Å². The molecule has 0 spiro atoms. The maximum Gasteiger partial charge on any atom is 0.326 e. The highest BCUT2D eigenvalue weighted by molar-refractivity contribution is 5.94. The van der Waals surface area contributed by atoms with Crippen molar-refractivity contribution < 1.29 is 29.4 Å². The molecule has 0 rings (SSSR count). The molecule has 33 heavy (non-hydrogen) atoms. The van der Waals surface area contributed by atoms with Gasteiger partial charge in [0.2, 0.25) is 17.7 Å². The smallest absolute Gasteiger partial charge is 0.326 e. The Bertz CT molecular complexity index is 683. The molecule has 5 atom stereocenters. The van der Waals surface area contributed by atoms with Gasteiger partial charge in [-0.3, -0.25) is 19.4 Å². The van der Waals surface area contributed by atoms with Gasteiger partial charge in [0.25, 0.3) is 0 Å². The van der Waals surface area contributed by atoms with Crippen LogP contribution >= 0.6 is 0 Å². The Kier molecular flexibility index (Phi) is 14.4. The van der Waals surface area contributed by atoms with Crippen molar-refractivity contribution in [2.45, 2.75) is 76.2 Å². The van der Waals surface area contributed by atoms with Crippen LogP contribution in [0.2, 0.25) is 0 Å². The predicted octanol–water partition coefficient (Wildman–Crippen LogP) is -3.56. The molecule has 0 heterocycles. The second kappa shape index (κ2) is 15.8. The zero-order chi connectivity index (χ0) is 25.6. The van der Waals surface area contributed by atoms with Crippen molar-refractivity contribution in [3.05, 3.63) is 0 Å². The number of aliphatic hydroxyl groups excluding tert-OH is 1. The van der Waals surface area contributed by atoms with Crippen molar-refractivity contribution >= 4 is 29.7 Å². The van der Waals surface area contributed by atoms with Gasteiger partial charge in [-0.2, -0.15) is 0 Å². The number of hydrogen-bond donors (Lipinski definition) is 9. The zero-order valence-corrected chi connectivity index (χ0v) is 19.1. The molecule has 0 aliphatic rings. The average molecular weight is 475 g/mol. The summed E-state index contributed by atoms with van der Waals surface area (Å²) in [5.41, 5.74) is 21.6. The topological polar surface area (TPSA) is 261 Å². The summed E-state index contributed by atoms with van der Waals surface area (Å²) < 4.78 is 0. The first-order valence-electron chi connectivity index (χ1n) is 10.7. The summed E-state index contributed by atoms with van der Waals surface area (Å²) >= 11 is 0. The van der Waals surface area contributed by atoms with Crippen molar-refractivity contribution in [1.82, 2.24) is 16.0 Å². The highest BCUT2D eigenvalue weighted by atomic mass is 16.4. The van der Waals surface area contributed by atoms with Crippen LogP contribution in [0.4, 0.5) is 0 Å². The fraction of sp³-hybridized carbons (Fsp3) is 0.737. The molecule has 190 valence electrons. The van der Waals surface area contributed by atoms with Gasteiger partial charge in [0, 0.05) is 6.54 Å². The number of carboxylic acid groups (broad SMARTS) is 1. The first kappa shape index (κ1) is 30.0. The van der Waals surface area contributed by atoms with Crippen LogP contribution in [0.15, 0.2) is 4.99 Å². The van der Waals surface area contributed by atoms with Crippen LogP contribution in [0.3, 0.4) is 0 Å². The number of rotatable bonds is 16. The van der Waals surface area contributed by atoms with E-state index in [9.17, 15) is 29.4 Å². The van der Waals surface area contributed by atoms with E-state index in [0.717, 1.165) is 0 Å². The molecule has 0 bridgehead atoms. The number of amides is 3. The Hall–Kier alpha value is -2.97. The Morgan fingerprint density at radius 1 is 0.909 bits per heavy atom. The van der Waals surface area contributed by atoms with Crippen LogP contribution in [0.25, 0.3) is 0 Å². The molecule has 14 nitrogen and oxygen atoms in total. The second-order valence-electron chi connectivity index (χ2n) is 7.70. The van der Waals surface area contributed by atoms with Crippen molar-refractivity contribution in [3.8, 4) is 0 Å². The number of guanidine groups is 1. The molecule has 13 N–H and O–H groups in total. The molecule has 0 aliphatic heterocycles. The lowest BCUT2D eigenvalue weighted by atomic mass is 10.1. The van der Waals surface area contributed by atoms with Crippen molar-refractivity contribution in [3.63, 3.8) is 0 Å². The molecule has 0 aromatic carbocycles. The normalized spacial score (nSPS) is 15.3. The Balaban J connectivity index is 4.88. The Morgan fingerprint density at radius 2 is 1.55 bits per heavy atom. The van der Waals surface area contributed by atoms with Gasteiger partial charge < -0.3 is 49.1 Å². The summed E-state index contributed by atoms with van der Waals surface area (Å²) in [5, 5.41) is 26.3. The summed E-state index contributed by atoms with van der Waals surface area (Å²) in [4.78, 5) is 52.3. The summed E-state index contributed by atoms with van der Waals surface area (Å²) in [6.45, 7) is 3.29. The lowest BCUT2D eigenvalue weighted by molar-refractivity contribution is -0.142. The van der Waals surface area contributed by atoms with Gasteiger partial charge in [-0.1, -0.05) is 6.42 Å². The average Bonchev–Trinajstić information content (AvgIpc) is 2.72. The minimum atomic E-state index is -1.36. The van der Waals surface area contributed by atoms with Gasteiger partial charge in [-0.05, 0) is 46.1 Å². The largest absolute Gasteiger partial charge is 0.480 e. The maximum absolute atomic E-state index is 12.5. The molecule has 14 heteroatoms. The molecule has 3 amide bonds. The van der Waals surface area contributed by atoms with E-state index in [2.05, 4.69) is 20.9 Å². The molecule has 0 aliphatic carbocycles. The number of unbranched alkanes of at least 4 members (excludes halogenated alkanes) is 1. The van der Waals surface area contributed by atoms with Gasteiger partial charge in [-0.15, -0.1) is 0 Å². The minimum absolute atomic E-state index is 0.0624. The SMILES string of the molecule is CC(NC(=O)C(NC(=O)C(N)CCCCN)C(C)O)C(=O)NC(CCCN=C(N)N)C(=O)O. The molecule has 0 aromatic rings. The number of carbonyl (C=O) groups is 4. The number of hydrogen-bond acceptors (Lipinski definition) is 8. The minimum Gasteiger partial charge on any atom is -0.480 e. The number of carbonyl (C=O) groups excluding carboxylic acids is 3. The van der Waals surface area contributed by atoms with E-state index in [0.29, 0.717) is 32.2 Å². The van der Waals surface area contributed by atoms with Crippen molar-refractivity contribution in [2.24, 2.45) is 27.9 Å². The van der Waals surface area contributed by atoms with E-state index in [1.165, 1.54) is 13.8 Å². The quantitative estimate of drug-likeness (QED) is 0.0603. The van der Waals surface area contributed by atoms with Crippen LogP contribution < -0.4 is 38.9 Å². The van der Waals surface area contributed by atoms with Gasteiger partial charge >= 0.3 is 5.97 Å². The molecule has 0 fully saturated rings. The van der Waals surface area contributed by atoms with E-state index in [1.807, 2.05) is 0 Å². The number of aliphatic carboxylic acids is 1. The highest BCUT2D eigenvalue weighted by Crippen LogP contribution is 2.02. The van der Waals surface area contributed by atoms with Crippen LogP contribution in [-0.2, 0) is 19.2 Å². The molecular weight excluding hydrogens is 436 g/mol. The molecular formula is C19H38N8O6. The standard InChI is InChI=1S/C19H38N8O6/c1-10(15(29)26-13(18(32)33)7-5-9-24-19(22)23)25-17(31)14(11(2)28)27-16(30)12(21)6-3-4-8-20/h10-14,28H,3-9,20-21H2,1-2H3,(H,25,31)(H,26,29)(H,27,30)(H,32,33)(H4,22,23,24). The third-order valence-electron chi connectivity index (χ3n) is 4.68. The molecule has 0 saturated carbocycles. The fourth-order valence-corrected chi connectivity index (χ4v) is 2.73. The Morgan fingerprint density at radius 3 is 2.06 bits per heavy atom. The number of nitrogens with zero attached hydrogens (tertiary/aromatic N) is 1. The van der Waals surface area contributed by atoms with Crippen LogP contribution in [0.1, 0.15) is 46.0 Å². The van der Waals surface area contributed by atoms with E-state index in [4.69, 9.17) is 22.9 Å². The maximum atomic E-state index is 12.5. The first-order chi connectivity index (χ1) is 15.4. The van der Waals surface area contributed by atoms with Crippen molar-refractivity contribution in [2.75, 3.05) is 13.1 Å². The van der Waals surface area contributed by atoms with Gasteiger partial charge in [0.1, 0.15) is 18.1 Å². The third-order valence-corrected chi connectivity index (χ3v) is 4.68. The molecule has 0 aromatic heterocycles. The third kappa shape index (κ3) is 12.6. The summed E-state index contributed by atoms with van der Waals surface area (Å²) in [7, 11) is 0. The second-order valence-corrected chi connectivity index (χ2v) is 7.70. The van der Waals surface area contributed by atoms with E-state index < -0.39 is 54.0 Å². The van der Waals surface area contributed by atoms with Crippen LogP contribution in [0, 0.1) is 0 Å². The summed E-state index contributed by atoms with van der Waals surface area (Å²) in [6.07, 6.45) is 0.771. The number of nitrogens with one attached hydrogen (secondary N) is 3. The number of aliphatic imine (C=N–C) groups is 1. The number of nitrogens with two attached hydrogens (primary N) is 4. The molecule has 0 radical (unpaired) electrons. The fourth-order valence-electron chi connectivity index (χ4n) is 2.73. The highest BCUT2D eigenvalue weighted by Gasteiger charge is 2.30. The molecule has 0 saturated heterocycles. The van der Waals surface area contributed by atoms with E-state index in [-0.39, 0.29) is 18.9 Å².